The van der Waals surface area contributed by atoms with E-state index in [0.717, 1.165) is 49.5 Å². The Morgan fingerprint density at radius 1 is 0.435 bits per heavy atom. The number of para-hydroxylation sites is 1. The van der Waals surface area contributed by atoms with Crippen molar-refractivity contribution in [1.82, 2.24) is 19.5 Å². The minimum Gasteiger partial charge on any atom is -0.456 e. The Kier molecular flexibility index (Phi) is 5.22. The van der Waals surface area contributed by atoms with Crippen LogP contribution in [0.15, 0.2) is 150 Å². The quantitative estimate of drug-likeness (QED) is 0.206. The van der Waals surface area contributed by atoms with Gasteiger partial charge >= 0.3 is 0 Å². The van der Waals surface area contributed by atoms with Crippen molar-refractivity contribution in [3.8, 4) is 28.7 Å². The van der Waals surface area contributed by atoms with Crippen LogP contribution in [0.25, 0.3) is 94.0 Å². The number of hydrogen-bond acceptors (Lipinski definition) is 4. The molecule has 0 saturated heterocycles. The van der Waals surface area contributed by atoms with Gasteiger partial charge in [-0.05, 0) is 46.5 Å². The van der Waals surface area contributed by atoms with E-state index in [4.69, 9.17) is 19.4 Å². The van der Waals surface area contributed by atoms with E-state index in [1.165, 1.54) is 26.9 Å². The second-order valence-electron chi connectivity index (χ2n) is 11.7. The van der Waals surface area contributed by atoms with Crippen LogP contribution < -0.4 is 0 Å². The molecule has 0 radical (unpaired) electrons. The van der Waals surface area contributed by atoms with Crippen molar-refractivity contribution in [2.75, 3.05) is 0 Å². The topological polar surface area (TPSA) is 56.7 Å². The van der Waals surface area contributed by atoms with Crippen LogP contribution in [-0.2, 0) is 0 Å². The first-order valence-electron chi connectivity index (χ1n) is 15.4. The molecule has 10 rings (SSSR count). The second kappa shape index (κ2) is 9.58. The lowest BCUT2D eigenvalue weighted by Crippen LogP contribution is -2.06. The Bertz CT molecular complexity index is 2810. The van der Waals surface area contributed by atoms with Crippen LogP contribution in [0.4, 0.5) is 0 Å². The summed E-state index contributed by atoms with van der Waals surface area (Å²) in [6.45, 7) is 0. The molecule has 0 atom stereocenters. The molecule has 0 aliphatic carbocycles. The minimum absolute atomic E-state index is 0.577. The van der Waals surface area contributed by atoms with Crippen molar-refractivity contribution in [2.45, 2.75) is 0 Å². The third-order valence-electron chi connectivity index (χ3n) is 9.03. The number of hydrogen-bond donors (Lipinski definition) is 0. The molecule has 0 aliphatic rings. The summed E-state index contributed by atoms with van der Waals surface area (Å²) in [6, 6.07) is 50.4. The standard InChI is InChI=1S/C41H24N4O/c1-2-12-27(13-3-1)39-42-40(28-20-23-36-33(24-28)31-16-8-9-17-35(31)46-36)44-41(43-39)45-34-22-19-25-10-4-6-14-29(25)37(34)32-21-18-26-11-5-7-15-30(26)38(32)45/h1-24H. The van der Waals surface area contributed by atoms with Crippen molar-refractivity contribution in [1.29, 1.82) is 0 Å². The third kappa shape index (κ3) is 3.66. The van der Waals surface area contributed by atoms with Gasteiger partial charge in [0, 0.05) is 38.1 Å². The SMILES string of the molecule is c1ccc(-c2nc(-c3ccc4oc5ccccc5c4c3)nc(-n3c4ccc5ccccc5c4c4ccc5ccccc5c43)n2)cc1. The maximum atomic E-state index is 6.13. The van der Waals surface area contributed by atoms with Gasteiger partial charge < -0.3 is 4.42 Å². The summed E-state index contributed by atoms with van der Waals surface area (Å²) < 4.78 is 8.36. The number of benzene rings is 7. The number of aromatic nitrogens is 4. The molecule has 10 aromatic rings. The molecule has 3 aromatic heterocycles. The number of nitrogens with zero attached hydrogens (tertiary/aromatic N) is 4. The van der Waals surface area contributed by atoms with E-state index >= 15 is 0 Å². The van der Waals surface area contributed by atoms with Crippen molar-refractivity contribution in [3.05, 3.63) is 146 Å². The summed E-state index contributed by atoms with van der Waals surface area (Å²) in [5.74, 6) is 1.80. The van der Waals surface area contributed by atoms with E-state index in [9.17, 15) is 0 Å². The van der Waals surface area contributed by atoms with Gasteiger partial charge in [0.2, 0.25) is 5.95 Å². The van der Waals surface area contributed by atoms with Gasteiger partial charge in [-0.25, -0.2) is 4.98 Å². The highest BCUT2D eigenvalue weighted by Crippen LogP contribution is 2.40. The van der Waals surface area contributed by atoms with Gasteiger partial charge in [-0.2, -0.15) is 9.97 Å². The first-order valence-corrected chi connectivity index (χ1v) is 15.4. The second-order valence-corrected chi connectivity index (χ2v) is 11.7. The molecule has 0 bridgehead atoms. The van der Waals surface area contributed by atoms with Gasteiger partial charge in [0.25, 0.3) is 0 Å². The number of rotatable bonds is 3. The fourth-order valence-electron chi connectivity index (χ4n) is 6.93. The Morgan fingerprint density at radius 3 is 1.93 bits per heavy atom. The predicted octanol–water partition coefficient (Wildman–Crippen LogP) is 10.5. The van der Waals surface area contributed by atoms with Crippen LogP contribution in [0.1, 0.15) is 0 Å². The Hall–Kier alpha value is -6.33. The highest BCUT2D eigenvalue weighted by molar-refractivity contribution is 6.25. The Morgan fingerprint density at radius 2 is 1.09 bits per heavy atom. The van der Waals surface area contributed by atoms with Gasteiger partial charge in [-0.3, -0.25) is 4.57 Å². The van der Waals surface area contributed by atoms with Gasteiger partial charge in [0.1, 0.15) is 11.2 Å². The molecule has 214 valence electrons. The summed E-state index contributed by atoms with van der Waals surface area (Å²) in [7, 11) is 0. The van der Waals surface area contributed by atoms with Crippen LogP contribution in [0.3, 0.4) is 0 Å². The van der Waals surface area contributed by atoms with Gasteiger partial charge in [-0.15, -0.1) is 0 Å². The first kappa shape index (κ1) is 25.0. The van der Waals surface area contributed by atoms with Gasteiger partial charge in [0.05, 0.1) is 11.0 Å². The summed E-state index contributed by atoms with van der Waals surface area (Å²) in [6.07, 6.45) is 0. The van der Waals surface area contributed by atoms with E-state index in [2.05, 4.69) is 89.5 Å². The molecule has 0 aliphatic heterocycles. The van der Waals surface area contributed by atoms with Gasteiger partial charge in [-0.1, -0.05) is 115 Å². The van der Waals surface area contributed by atoms with Gasteiger partial charge in [0.15, 0.2) is 11.6 Å². The highest BCUT2D eigenvalue weighted by Gasteiger charge is 2.21. The van der Waals surface area contributed by atoms with Crippen LogP contribution >= 0.6 is 0 Å². The first-order chi connectivity index (χ1) is 22.8. The molecule has 0 unspecified atom stereocenters. The zero-order chi connectivity index (χ0) is 30.2. The van der Waals surface area contributed by atoms with Crippen molar-refractivity contribution in [2.24, 2.45) is 0 Å². The normalized spacial score (nSPS) is 11.9. The zero-order valence-electron chi connectivity index (χ0n) is 24.6. The predicted molar refractivity (Wildman–Crippen MR) is 187 cm³/mol. The summed E-state index contributed by atoms with van der Waals surface area (Å²) in [5, 5.41) is 9.17. The smallest absolute Gasteiger partial charge is 0.238 e. The highest BCUT2D eigenvalue weighted by atomic mass is 16.3. The van der Waals surface area contributed by atoms with E-state index in [0.29, 0.717) is 17.6 Å². The maximum absolute atomic E-state index is 6.13. The molecule has 0 saturated carbocycles. The van der Waals surface area contributed by atoms with Crippen LogP contribution in [0.2, 0.25) is 0 Å². The Labute approximate surface area is 263 Å². The van der Waals surface area contributed by atoms with E-state index < -0.39 is 0 Å². The van der Waals surface area contributed by atoms with Crippen LogP contribution in [-0.4, -0.2) is 19.5 Å². The zero-order valence-corrected chi connectivity index (χ0v) is 24.6. The van der Waals surface area contributed by atoms with E-state index in [1.807, 2.05) is 60.7 Å². The van der Waals surface area contributed by atoms with Crippen molar-refractivity contribution >= 4 is 65.3 Å². The Balaban J connectivity index is 1.33. The fourth-order valence-corrected chi connectivity index (χ4v) is 6.93. The molecular weight excluding hydrogens is 564 g/mol. The van der Waals surface area contributed by atoms with Crippen molar-refractivity contribution in [3.63, 3.8) is 0 Å². The van der Waals surface area contributed by atoms with Crippen LogP contribution in [0.5, 0.6) is 0 Å². The lowest BCUT2D eigenvalue weighted by Gasteiger charge is -2.12. The lowest BCUT2D eigenvalue weighted by molar-refractivity contribution is 0.669. The average Bonchev–Trinajstić information content (AvgIpc) is 3.68. The fraction of sp³-hybridized carbons (Fsp3) is 0. The molecule has 0 N–H and O–H groups in total. The minimum atomic E-state index is 0.577. The van der Waals surface area contributed by atoms with Crippen molar-refractivity contribution < 1.29 is 4.42 Å². The number of fused-ring (bicyclic) bond motifs is 10. The summed E-state index contributed by atoms with van der Waals surface area (Å²) >= 11 is 0. The lowest BCUT2D eigenvalue weighted by atomic mass is 10.0. The monoisotopic (exact) mass is 588 g/mol. The molecule has 7 aromatic carbocycles. The van der Waals surface area contributed by atoms with Crippen LogP contribution in [0, 0.1) is 0 Å². The molecule has 0 spiro atoms. The molecule has 46 heavy (non-hydrogen) atoms. The summed E-state index contributed by atoms with van der Waals surface area (Å²) in [5.41, 5.74) is 5.66. The molecule has 5 nitrogen and oxygen atoms in total. The third-order valence-corrected chi connectivity index (χ3v) is 9.03. The molecule has 3 heterocycles. The maximum Gasteiger partial charge on any atom is 0.238 e. The number of furan rings is 1. The molecule has 0 fully saturated rings. The molecule has 5 heteroatoms. The largest absolute Gasteiger partial charge is 0.456 e. The van der Waals surface area contributed by atoms with E-state index in [1.54, 1.807) is 0 Å². The molecule has 0 amide bonds. The van der Waals surface area contributed by atoms with E-state index in [-0.39, 0.29) is 0 Å². The average molecular weight is 589 g/mol. The molecular formula is C41H24N4O. The summed E-state index contributed by atoms with van der Waals surface area (Å²) in [4.78, 5) is 15.5.